The topological polar surface area (TPSA) is 46.6 Å². The minimum absolute atomic E-state index is 0.108. The van der Waals surface area contributed by atoms with E-state index in [0.717, 1.165) is 18.5 Å². The van der Waals surface area contributed by atoms with Gasteiger partial charge in [0.2, 0.25) is 0 Å². The van der Waals surface area contributed by atoms with Crippen LogP contribution in [0.1, 0.15) is 41.1 Å². The fourth-order valence-corrected chi connectivity index (χ4v) is 5.82. The maximum atomic E-state index is 12.8. The van der Waals surface area contributed by atoms with Gasteiger partial charge < -0.3 is 4.90 Å². The van der Waals surface area contributed by atoms with E-state index in [1.54, 1.807) is 24.3 Å². The van der Waals surface area contributed by atoms with Gasteiger partial charge in [0, 0.05) is 12.2 Å². The molecule has 1 fully saturated rings. The van der Waals surface area contributed by atoms with E-state index >= 15 is 0 Å². The fraction of sp³-hybridized carbons (Fsp3) is 0.280. The summed E-state index contributed by atoms with van der Waals surface area (Å²) in [5.41, 5.74) is 6.17. The second-order valence-corrected chi connectivity index (χ2v) is 9.80. The molecule has 3 aromatic rings. The number of aryl methyl sites for hydroxylation is 1. The van der Waals surface area contributed by atoms with Gasteiger partial charge in [-0.15, -0.1) is 0 Å². The molecule has 2 unspecified atom stereocenters. The van der Waals surface area contributed by atoms with E-state index < -0.39 is 10.1 Å². The van der Waals surface area contributed by atoms with E-state index in [4.69, 9.17) is 4.18 Å². The molecule has 0 bridgehead atoms. The maximum absolute atomic E-state index is 12.8. The normalized spacial score (nSPS) is 20.6. The first-order valence-electron chi connectivity index (χ1n) is 10.4. The van der Waals surface area contributed by atoms with E-state index in [1.807, 2.05) is 6.92 Å². The lowest BCUT2D eigenvalue weighted by Crippen LogP contribution is -2.40. The monoisotopic (exact) mass is 419 g/mol. The number of anilines is 1. The average Bonchev–Trinajstić information content (AvgIpc) is 2.88. The number of para-hydroxylation sites is 1. The van der Waals surface area contributed by atoms with Crippen molar-refractivity contribution in [3.63, 3.8) is 0 Å². The minimum Gasteiger partial charge on any atom is -0.364 e. The summed E-state index contributed by atoms with van der Waals surface area (Å²) < 4.78 is 31.4. The smallest absolute Gasteiger partial charge is 0.297 e. The maximum Gasteiger partial charge on any atom is 0.297 e. The molecular weight excluding hydrogens is 394 g/mol. The van der Waals surface area contributed by atoms with Crippen molar-refractivity contribution in [2.75, 3.05) is 11.4 Å². The zero-order valence-corrected chi connectivity index (χ0v) is 17.8. The molecule has 0 aliphatic carbocycles. The first-order valence-corrected chi connectivity index (χ1v) is 11.8. The third-order valence-electron chi connectivity index (χ3n) is 6.22. The number of rotatable bonds is 3. The van der Waals surface area contributed by atoms with E-state index in [2.05, 4.69) is 53.4 Å². The standard InChI is InChI=1S/C25H25NO3S/c1-18-10-12-22(13-11-18)30(27,28)29-21-14-15-26-24-9-5-3-7-20(24)16-19-6-2-4-8-23(19)25(26)17-21/h2-13,21,25H,14-17H2,1H3. The van der Waals surface area contributed by atoms with Crippen LogP contribution >= 0.6 is 0 Å². The Balaban J connectivity index is 1.46. The number of fused-ring (bicyclic) bond motifs is 5. The van der Waals surface area contributed by atoms with Crippen molar-refractivity contribution in [1.29, 1.82) is 0 Å². The van der Waals surface area contributed by atoms with Crippen molar-refractivity contribution in [3.8, 4) is 0 Å². The Morgan fingerprint density at radius 1 is 0.900 bits per heavy atom. The average molecular weight is 420 g/mol. The summed E-state index contributed by atoms with van der Waals surface area (Å²) in [6.07, 6.45) is 1.89. The van der Waals surface area contributed by atoms with E-state index in [1.165, 1.54) is 22.4 Å². The third-order valence-corrected chi connectivity index (χ3v) is 7.60. The molecule has 0 aromatic heterocycles. The second kappa shape index (κ2) is 7.56. The molecule has 0 radical (unpaired) electrons. The van der Waals surface area contributed by atoms with Crippen LogP contribution in [0.3, 0.4) is 0 Å². The minimum atomic E-state index is -3.78. The molecular formula is C25H25NO3S. The predicted molar refractivity (Wildman–Crippen MR) is 118 cm³/mol. The highest BCUT2D eigenvalue weighted by molar-refractivity contribution is 7.86. The zero-order valence-electron chi connectivity index (χ0n) is 17.0. The van der Waals surface area contributed by atoms with Crippen LogP contribution in [0.2, 0.25) is 0 Å². The van der Waals surface area contributed by atoms with E-state index in [0.29, 0.717) is 12.8 Å². The van der Waals surface area contributed by atoms with Crippen molar-refractivity contribution in [3.05, 3.63) is 95.1 Å². The molecule has 30 heavy (non-hydrogen) atoms. The Hall–Kier alpha value is -2.63. The summed E-state index contributed by atoms with van der Waals surface area (Å²) in [5, 5.41) is 0. The van der Waals surface area contributed by atoms with Gasteiger partial charge in [0.25, 0.3) is 10.1 Å². The Kier molecular flexibility index (Phi) is 4.88. The molecule has 2 atom stereocenters. The molecule has 3 aromatic carbocycles. The van der Waals surface area contributed by atoms with Gasteiger partial charge in [0.15, 0.2) is 0 Å². The third kappa shape index (κ3) is 3.53. The van der Waals surface area contributed by atoms with Crippen LogP contribution in [0.5, 0.6) is 0 Å². The molecule has 5 heteroatoms. The van der Waals surface area contributed by atoms with Crippen LogP contribution in [0.15, 0.2) is 77.7 Å². The van der Waals surface area contributed by atoms with Gasteiger partial charge in [-0.25, -0.2) is 0 Å². The van der Waals surface area contributed by atoms with Crippen molar-refractivity contribution in [1.82, 2.24) is 0 Å². The molecule has 5 rings (SSSR count). The highest BCUT2D eigenvalue weighted by Crippen LogP contribution is 2.42. The Bertz CT molecular complexity index is 1170. The predicted octanol–water partition coefficient (Wildman–Crippen LogP) is 5.01. The zero-order chi connectivity index (χ0) is 20.7. The van der Waals surface area contributed by atoms with E-state index in [-0.39, 0.29) is 17.0 Å². The molecule has 0 saturated carbocycles. The molecule has 0 N–H and O–H groups in total. The summed E-state index contributed by atoms with van der Waals surface area (Å²) in [6, 6.07) is 24.0. The van der Waals surface area contributed by atoms with Gasteiger partial charge in [0.1, 0.15) is 0 Å². The SMILES string of the molecule is Cc1ccc(S(=O)(=O)OC2CCN3c4ccccc4Cc4ccccc4C3C2)cc1. The lowest BCUT2D eigenvalue weighted by atomic mass is 9.91. The van der Waals surface area contributed by atoms with Gasteiger partial charge >= 0.3 is 0 Å². The highest BCUT2D eigenvalue weighted by atomic mass is 32.2. The lowest BCUT2D eigenvalue weighted by molar-refractivity contribution is 0.160. The van der Waals surface area contributed by atoms with Crippen LogP contribution in [0.25, 0.3) is 0 Å². The molecule has 1 saturated heterocycles. The van der Waals surface area contributed by atoms with Crippen LogP contribution in [-0.2, 0) is 20.7 Å². The number of nitrogens with zero attached hydrogens (tertiary/aromatic N) is 1. The summed E-state index contributed by atoms with van der Waals surface area (Å²) in [4.78, 5) is 2.65. The number of hydrogen-bond acceptors (Lipinski definition) is 4. The number of hydrogen-bond donors (Lipinski definition) is 0. The van der Waals surface area contributed by atoms with Gasteiger partial charge in [0.05, 0.1) is 17.0 Å². The second-order valence-electron chi connectivity index (χ2n) is 8.22. The largest absolute Gasteiger partial charge is 0.364 e. The molecule has 2 aliphatic heterocycles. The Morgan fingerprint density at radius 2 is 1.60 bits per heavy atom. The van der Waals surface area contributed by atoms with Crippen molar-refractivity contribution < 1.29 is 12.6 Å². The summed E-state index contributed by atoms with van der Waals surface area (Å²) >= 11 is 0. The lowest BCUT2D eigenvalue weighted by Gasteiger charge is -2.40. The summed E-state index contributed by atoms with van der Waals surface area (Å²) in [6.45, 7) is 2.71. The quantitative estimate of drug-likeness (QED) is 0.560. The first kappa shape index (κ1) is 19.3. The van der Waals surface area contributed by atoms with Gasteiger partial charge in [-0.3, -0.25) is 4.18 Å². The van der Waals surface area contributed by atoms with Crippen molar-refractivity contribution in [2.45, 2.75) is 43.2 Å². The molecule has 2 heterocycles. The van der Waals surface area contributed by atoms with Crippen molar-refractivity contribution in [2.24, 2.45) is 0 Å². The van der Waals surface area contributed by atoms with Crippen LogP contribution in [0.4, 0.5) is 5.69 Å². The number of piperidine rings is 1. The molecule has 0 amide bonds. The van der Waals surface area contributed by atoms with Gasteiger partial charge in [-0.1, -0.05) is 60.2 Å². The van der Waals surface area contributed by atoms with Crippen LogP contribution in [0, 0.1) is 6.92 Å². The van der Waals surface area contributed by atoms with E-state index in [9.17, 15) is 8.42 Å². The van der Waals surface area contributed by atoms with Crippen LogP contribution in [-0.4, -0.2) is 21.1 Å². The number of benzene rings is 3. The first-order chi connectivity index (χ1) is 14.5. The molecule has 0 spiro atoms. The van der Waals surface area contributed by atoms with Crippen molar-refractivity contribution >= 4 is 15.8 Å². The van der Waals surface area contributed by atoms with Crippen LogP contribution < -0.4 is 4.90 Å². The molecule has 2 aliphatic rings. The Morgan fingerprint density at radius 3 is 2.40 bits per heavy atom. The molecule has 4 nitrogen and oxygen atoms in total. The Labute approximate surface area is 178 Å². The summed E-state index contributed by atoms with van der Waals surface area (Å²) in [7, 11) is -3.78. The van der Waals surface area contributed by atoms with Gasteiger partial charge in [-0.2, -0.15) is 8.42 Å². The fourth-order valence-electron chi connectivity index (χ4n) is 4.71. The summed E-state index contributed by atoms with van der Waals surface area (Å²) in [5.74, 6) is 0. The van der Waals surface area contributed by atoms with Gasteiger partial charge in [-0.05, 0) is 61.1 Å². The highest BCUT2D eigenvalue weighted by Gasteiger charge is 2.36. The molecule has 154 valence electrons.